The Morgan fingerprint density at radius 1 is 0.893 bits per heavy atom. The average molecular weight is 376 g/mol. The summed E-state index contributed by atoms with van der Waals surface area (Å²) in [6.07, 6.45) is 3.07. The van der Waals surface area contributed by atoms with Gasteiger partial charge in [-0.1, -0.05) is 54.6 Å². The number of para-hydroxylation sites is 2. The first-order chi connectivity index (χ1) is 13.7. The molecule has 3 aromatic carbocycles. The van der Waals surface area contributed by atoms with Crippen molar-refractivity contribution in [2.24, 2.45) is 0 Å². The van der Waals surface area contributed by atoms with Gasteiger partial charge >= 0.3 is 0 Å². The lowest BCUT2D eigenvalue weighted by Crippen LogP contribution is -2.43. The van der Waals surface area contributed by atoms with Crippen molar-refractivity contribution >= 4 is 28.7 Å². The molecule has 0 bridgehead atoms. The van der Waals surface area contributed by atoms with Crippen molar-refractivity contribution in [1.82, 2.24) is 10.9 Å². The van der Waals surface area contributed by atoms with E-state index in [-0.39, 0.29) is 6.61 Å². The minimum atomic E-state index is -0.488. The van der Waals surface area contributed by atoms with E-state index in [0.717, 1.165) is 16.3 Å². The lowest BCUT2D eigenvalue weighted by atomic mass is 10.0. The Bertz CT molecular complexity index is 1010. The molecule has 0 aliphatic heterocycles. The third-order valence-electron chi connectivity index (χ3n) is 3.99. The first-order valence-corrected chi connectivity index (χ1v) is 8.68. The zero-order valence-corrected chi connectivity index (χ0v) is 15.3. The van der Waals surface area contributed by atoms with Crippen molar-refractivity contribution < 1.29 is 19.1 Å². The molecule has 0 aromatic heterocycles. The van der Waals surface area contributed by atoms with Crippen LogP contribution in [0.2, 0.25) is 0 Å². The van der Waals surface area contributed by atoms with Crippen LogP contribution in [0.15, 0.2) is 72.8 Å². The summed E-state index contributed by atoms with van der Waals surface area (Å²) >= 11 is 0. The Hall–Kier alpha value is -3.80. The Balaban J connectivity index is 1.51. The van der Waals surface area contributed by atoms with E-state index in [2.05, 4.69) is 10.9 Å². The van der Waals surface area contributed by atoms with Crippen molar-refractivity contribution in [1.29, 1.82) is 0 Å². The highest BCUT2D eigenvalue weighted by Crippen LogP contribution is 2.25. The molecule has 3 rings (SSSR count). The molecular weight excluding hydrogens is 356 g/mol. The molecule has 0 aliphatic carbocycles. The fourth-order valence-electron chi connectivity index (χ4n) is 2.65. The number of hydrazine groups is 1. The molecule has 0 fully saturated rings. The van der Waals surface area contributed by atoms with Gasteiger partial charge in [-0.25, -0.2) is 0 Å². The van der Waals surface area contributed by atoms with Crippen LogP contribution < -0.4 is 20.3 Å². The SMILES string of the molecule is COc1ccccc1OCC(=O)NNC(=O)/C=C/c1cccc2ccccc12. The summed E-state index contributed by atoms with van der Waals surface area (Å²) < 4.78 is 10.5. The van der Waals surface area contributed by atoms with Gasteiger partial charge in [0.05, 0.1) is 7.11 Å². The fourth-order valence-corrected chi connectivity index (χ4v) is 2.65. The van der Waals surface area contributed by atoms with Crippen LogP contribution >= 0.6 is 0 Å². The number of hydrogen-bond acceptors (Lipinski definition) is 4. The standard InChI is InChI=1S/C22H20N2O4/c1-27-19-11-4-5-12-20(19)28-15-22(26)24-23-21(25)14-13-17-9-6-8-16-7-2-3-10-18(16)17/h2-14H,15H2,1H3,(H,23,25)(H,24,26)/b14-13+. The van der Waals surface area contributed by atoms with Gasteiger partial charge in [-0.2, -0.15) is 0 Å². The summed E-state index contributed by atoms with van der Waals surface area (Å²) in [7, 11) is 1.52. The number of amides is 2. The zero-order chi connectivity index (χ0) is 19.8. The summed E-state index contributed by atoms with van der Waals surface area (Å²) in [5, 5.41) is 2.13. The van der Waals surface area contributed by atoms with Crippen molar-refractivity contribution in [2.75, 3.05) is 13.7 Å². The van der Waals surface area contributed by atoms with E-state index < -0.39 is 11.8 Å². The van der Waals surface area contributed by atoms with Crippen molar-refractivity contribution in [2.45, 2.75) is 0 Å². The third-order valence-corrected chi connectivity index (χ3v) is 3.99. The van der Waals surface area contributed by atoms with Crippen LogP contribution in [0.3, 0.4) is 0 Å². The van der Waals surface area contributed by atoms with Gasteiger partial charge in [-0.3, -0.25) is 20.4 Å². The van der Waals surface area contributed by atoms with Crippen molar-refractivity contribution in [3.8, 4) is 11.5 Å². The van der Waals surface area contributed by atoms with Crippen molar-refractivity contribution in [3.05, 3.63) is 78.4 Å². The fraction of sp³-hybridized carbons (Fsp3) is 0.0909. The summed E-state index contributed by atoms with van der Waals surface area (Å²) in [6, 6.07) is 20.8. The Labute approximate surface area is 162 Å². The van der Waals surface area contributed by atoms with Crippen LogP contribution in [0.4, 0.5) is 0 Å². The van der Waals surface area contributed by atoms with Crippen LogP contribution in [0.5, 0.6) is 11.5 Å². The molecule has 0 aliphatic rings. The van der Waals surface area contributed by atoms with E-state index in [1.165, 1.54) is 13.2 Å². The number of carbonyl (C=O) groups is 2. The largest absolute Gasteiger partial charge is 0.493 e. The maximum atomic E-state index is 12.0. The number of hydrogen-bond donors (Lipinski definition) is 2. The van der Waals surface area contributed by atoms with E-state index in [9.17, 15) is 9.59 Å². The predicted octanol–water partition coefficient (Wildman–Crippen LogP) is 3.09. The normalized spacial score (nSPS) is 10.6. The number of rotatable bonds is 6. The first-order valence-electron chi connectivity index (χ1n) is 8.68. The highest BCUT2D eigenvalue weighted by atomic mass is 16.5. The molecule has 6 nitrogen and oxygen atoms in total. The van der Waals surface area contributed by atoms with Gasteiger partial charge < -0.3 is 9.47 Å². The van der Waals surface area contributed by atoms with Gasteiger partial charge in [0.2, 0.25) is 0 Å². The monoisotopic (exact) mass is 376 g/mol. The Kier molecular flexibility index (Phi) is 6.25. The second-order valence-corrected chi connectivity index (χ2v) is 5.88. The second kappa shape index (κ2) is 9.23. The maximum Gasteiger partial charge on any atom is 0.276 e. The number of carbonyl (C=O) groups excluding carboxylic acids is 2. The minimum Gasteiger partial charge on any atom is -0.493 e. The number of benzene rings is 3. The van der Waals surface area contributed by atoms with Crippen molar-refractivity contribution in [3.63, 3.8) is 0 Å². The first kappa shape index (κ1) is 19.0. The summed E-state index contributed by atoms with van der Waals surface area (Å²) in [6.45, 7) is -0.256. The molecule has 0 radical (unpaired) electrons. The number of ether oxygens (including phenoxy) is 2. The topological polar surface area (TPSA) is 76.7 Å². The quantitative estimate of drug-likeness (QED) is 0.512. The van der Waals surface area contributed by atoms with Crippen LogP contribution in [0.1, 0.15) is 5.56 Å². The molecular formula is C22H20N2O4. The van der Waals surface area contributed by atoms with E-state index in [1.54, 1.807) is 30.3 Å². The average Bonchev–Trinajstić information content (AvgIpc) is 2.74. The lowest BCUT2D eigenvalue weighted by molar-refractivity contribution is -0.128. The Morgan fingerprint density at radius 2 is 1.61 bits per heavy atom. The highest BCUT2D eigenvalue weighted by molar-refractivity contribution is 5.97. The molecule has 0 heterocycles. The van der Waals surface area contributed by atoms with Gasteiger partial charge in [0.15, 0.2) is 18.1 Å². The molecule has 28 heavy (non-hydrogen) atoms. The maximum absolute atomic E-state index is 12.0. The summed E-state index contributed by atoms with van der Waals surface area (Å²) in [4.78, 5) is 23.8. The zero-order valence-electron chi connectivity index (χ0n) is 15.3. The molecule has 6 heteroatoms. The predicted molar refractivity (Wildman–Crippen MR) is 108 cm³/mol. The van der Waals surface area contributed by atoms with Crippen LogP contribution in [-0.4, -0.2) is 25.5 Å². The van der Waals surface area contributed by atoms with E-state index >= 15 is 0 Å². The minimum absolute atomic E-state index is 0.256. The van der Waals surface area contributed by atoms with Crippen LogP contribution in [-0.2, 0) is 9.59 Å². The smallest absolute Gasteiger partial charge is 0.276 e. The van der Waals surface area contributed by atoms with Gasteiger partial charge in [0, 0.05) is 6.08 Å². The number of nitrogens with one attached hydrogen (secondary N) is 2. The summed E-state index contributed by atoms with van der Waals surface area (Å²) in [5.41, 5.74) is 5.55. The summed E-state index contributed by atoms with van der Waals surface area (Å²) in [5.74, 6) is 0.0380. The number of methoxy groups -OCH3 is 1. The van der Waals surface area contributed by atoms with Crippen LogP contribution in [0.25, 0.3) is 16.8 Å². The van der Waals surface area contributed by atoms with E-state index in [4.69, 9.17) is 9.47 Å². The number of fused-ring (bicyclic) bond motifs is 1. The van der Waals surface area contributed by atoms with E-state index in [1.807, 2.05) is 42.5 Å². The highest BCUT2D eigenvalue weighted by Gasteiger charge is 2.07. The molecule has 0 unspecified atom stereocenters. The third kappa shape index (κ3) is 4.88. The molecule has 0 saturated carbocycles. The molecule has 3 aromatic rings. The van der Waals surface area contributed by atoms with E-state index in [0.29, 0.717) is 11.5 Å². The second-order valence-electron chi connectivity index (χ2n) is 5.88. The lowest BCUT2D eigenvalue weighted by Gasteiger charge is -2.10. The molecule has 142 valence electrons. The molecule has 0 atom stereocenters. The molecule has 0 saturated heterocycles. The molecule has 0 spiro atoms. The van der Waals surface area contributed by atoms with Gasteiger partial charge in [-0.05, 0) is 34.5 Å². The van der Waals surface area contributed by atoms with Gasteiger partial charge in [0.1, 0.15) is 0 Å². The van der Waals surface area contributed by atoms with Gasteiger partial charge in [0.25, 0.3) is 11.8 Å². The molecule has 2 amide bonds. The molecule has 2 N–H and O–H groups in total. The van der Waals surface area contributed by atoms with Crippen LogP contribution in [0, 0.1) is 0 Å². The Morgan fingerprint density at radius 3 is 2.43 bits per heavy atom. The van der Waals surface area contributed by atoms with Gasteiger partial charge in [-0.15, -0.1) is 0 Å².